The Morgan fingerprint density at radius 1 is 1.04 bits per heavy atom. The number of nitrogens with one attached hydrogen (secondary N) is 1. The smallest absolute Gasteiger partial charge is 0.212 e. The molecule has 1 aliphatic rings. The summed E-state index contributed by atoms with van der Waals surface area (Å²) in [6.07, 6.45) is 1.67. The molecule has 2 aromatic carbocycles. The lowest BCUT2D eigenvalue weighted by Crippen LogP contribution is -2.32. The first-order valence-electron chi connectivity index (χ1n) is 9.56. The van der Waals surface area contributed by atoms with E-state index in [2.05, 4.69) is 44.4 Å². The van der Waals surface area contributed by atoms with E-state index in [9.17, 15) is 8.42 Å². The van der Waals surface area contributed by atoms with Gasteiger partial charge in [-0.2, -0.15) is 4.80 Å². The van der Waals surface area contributed by atoms with Gasteiger partial charge in [0.2, 0.25) is 15.8 Å². The summed E-state index contributed by atoms with van der Waals surface area (Å²) in [5.74, 6) is 0.675. The molecule has 1 aliphatic carbocycles. The minimum Gasteiger partial charge on any atom is -0.212 e. The lowest BCUT2D eigenvalue weighted by molar-refractivity contribution is 0.455. The molecule has 0 unspecified atom stereocenters. The molecule has 7 nitrogen and oxygen atoms in total. The van der Waals surface area contributed by atoms with Crippen LogP contribution in [0.4, 0.5) is 0 Å². The third-order valence-corrected chi connectivity index (χ3v) is 6.41. The zero-order valence-corrected chi connectivity index (χ0v) is 17.5. The molecule has 1 N–H and O–H groups in total. The summed E-state index contributed by atoms with van der Waals surface area (Å²) >= 11 is 0. The highest BCUT2D eigenvalue weighted by molar-refractivity contribution is 7.90. The van der Waals surface area contributed by atoms with Gasteiger partial charge in [0.1, 0.15) is 0 Å². The van der Waals surface area contributed by atoms with Crippen molar-refractivity contribution in [1.82, 2.24) is 24.9 Å². The van der Waals surface area contributed by atoms with Crippen LogP contribution >= 0.6 is 0 Å². The molecule has 0 amide bonds. The minimum atomic E-state index is -2.94. The Hall–Kier alpha value is -2.32. The van der Waals surface area contributed by atoms with Crippen molar-refractivity contribution in [3.63, 3.8) is 0 Å². The van der Waals surface area contributed by atoms with Gasteiger partial charge >= 0.3 is 0 Å². The average Bonchev–Trinajstić information content (AvgIpc) is 3.39. The summed E-state index contributed by atoms with van der Waals surface area (Å²) in [6.45, 7) is 7.73. The highest BCUT2D eigenvalue weighted by Crippen LogP contribution is 2.27. The maximum absolute atomic E-state index is 11.1. The molecule has 3 aromatic rings. The maximum Gasteiger partial charge on any atom is 0.214 e. The Morgan fingerprint density at radius 3 is 2.29 bits per heavy atom. The van der Waals surface area contributed by atoms with Crippen LogP contribution in [0.15, 0.2) is 42.5 Å². The summed E-state index contributed by atoms with van der Waals surface area (Å²) in [5.41, 5.74) is 1.00. The molecule has 4 rings (SSSR count). The predicted molar refractivity (Wildman–Crippen MR) is 111 cm³/mol. The van der Waals surface area contributed by atoms with E-state index < -0.39 is 10.0 Å². The van der Waals surface area contributed by atoms with Crippen LogP contribution in [-0.2, 0) is 10.0 Å². The summed E-state index contributed by atoms with van der Waals surface area (Å²) < 4.78 is 24.7. The summed E-state index contributed by atoms with van der Waals surface area (Å²) in [6, 6.07) is 14.7. The number of aromatic nitrogens is 4. The lowest BCUT2D eigenvalue weighted by atomic mass is 10.1. The van der Waals surface area contributed by atoms with Crippen molar-refractivity contribution in [1.29, 1.82) is 0 Å². The van der Waals surface area contributed by atoms with Crippen LogP contribution in [0.3, 0.4) is 0 Å². The van der Waals surface area contributed by atoms with E-state index in [1.165, 1.54) is 10.8 Å². The van der Waals surface area contributed by atoms with Crippen molar-refractivity contribution in [2.45, 2.75) is 57.9 Å². The quantitative estimate of drug-likeness (QED) is 0.706. The van der Waals surface area contributed by atoms with Crippen molar-refractivity contribution in [2.24, 2.45) is 0 Å². The Labute approximate surface area is 166 Å². The number of sulfonamides is 1. The zero-order valence-electron chi connectivity index (χ0n) is 16.7. The number of rotatable bonds is 5. The maximum atomic E-state index is 11.1. The van der Waals surface area contributed by atoms with Gasteiger partial charge in [0, 0.05) is 11.6 Å². The molecule has 1 saturated carbocycles. The first-order valence-corrected chi connectivity index (χ1v) is 11.1. The minimum absolute atomic E-state index is 0.0330. The molecule has 28 heavy (non-hydrogen) atoms. The third-order valence-electron chi connectivity index (χ3n) is 4.26. The SMILES string of the molecule is CC(C)NS(=O)(=O)C1CC1.CC(C)n1nnc(-c2ccc3ccccc3c2)n1. The number of benzene rings is 2. The van der Waals surface area contributed by atoms with Gasteiger partial charge in [-0.05, 0) is 62.6 Å². The molecule has 1 fully saturated rings. The Bertz CT molecular complexity index is 1040. The van der Waals surface area contributed by atoms with Crippen LogP contribution in [0.2, 0.25) is 0 Å². The number of hydrogen-bond acceptors (Lipinski definition) is 5. The molecule has 0 bridgehead atoms. The molecule has 0 saturated heterocycles. The van der Waals surface area contributed by atoms with E-state index >= 15 is 0 Å². The lowest BCUT2D eigenvalue weighted by Gasteiger charge is -2.07. The molecule has 0 spiro atoms. The van der Waals surface area contributed by atoms with Crippen molar-refractivity contribution in [3.8, 4) is 11.4 Å². The van der Waals surface area contributed by atoms with Crippen LogP contribution in [0.1, 0.15) is 46.6 Å². The number of nitrogens with zero attached hydrogens (tertiary/aromatic N) is 4. The van der Waals surface area contributed by atoms with E-state index in [-0.39, 0.29) is 17.3 Å². The van der Waals surface area contributed by atoms with Crippen LogP contribution in [0.5, 0.6) is 0 Å². The van der Waals surface area contributed by atoms with Crippen LogP contribution < -0.4 is 4.72 Å². The topological polar surface area (TPSA) is 89.8 Å². The van der Waals surface area contributed by atoms with E-state index in [1.54, 1.807) is 4.80 Å². The fourth-order valence-corrected chi connectivity index (χ4v) is 4.30. The van der Waals surface area contributed by atoms with E-state index in [1.807, 2.05) is 45.9 Å². The van der Waals surface area contributed by atoms with Gasteiger partial charge in [-0.25, -0.2) is 13.1 Å². The molecule has 1 heterocycles. The molecule has 0 radical (unpaired) electrons. The van der Waals surface area contributed by atoms with Crippen molar-refractivity contribution >= 4 is 20.8 Å². The average molecular weight is 402 g/mol. The summed E-state index contributed by atoms with van der Waals surface area (Å²) in [5, 5.41) is 14.8. The van der Waals surface area contributed by atoms with Crippen LogP contribution in [0, 0.1) is 0 Å². The third kappa shape index (κ3) is 5.14. The van der Waals surface area contributed by atoms with Crippen molar-refractivity contribution in [2.75, 3.05) is 0 Å². The molecular weight excluding hydrogens is 374 g/mol. The van der Waals surface area contributed by atoms with E-state index in [0.717, 1.165) is 18.4 Å². The largest absolute Gasteiger partial charge is 0.214 e. The van der Waals surface area contributed by atoms with Crippen molar-refractivity contribution < 1.29 is 8.42 Å². The van der Waals surface area contributed by atoms with Crippen molar-refractivity contribution in [3.05, 3.63) is 42.5 Å². The Balaban J connectivity index is 0.000000192. The number of fused-ring (bicyclic) bond motifs is 1. The highest BCUT2D eigenvalue weighted by Gasteiger charge is 2.35. The predicted octanol–water partition coefficient (Wildman–Crippen LogP) is 3.55. The zero-order chi connectivity index (χ0) is 20.3. The summed E-state index contributed by atoms with van der Waals surface area (Å²) in [7, 11) is -2.94. The van der Waals surface area contributed by atoms with Crippen LogP contribution in [0.25, 0.3) is 22.2 Å². The molecule has 0 aliphatic heterocycles. The van der Waals surface area contributed by atoms with E-state index in [0.29, 0.717) is 5.82 Å². The second-order valence-electron chi connectivity index (χ2n) is 7.61. The first-order chi connectivity index (χ1) is 13.3. The molecule has 150 valence electrons. The first kappa shape index (κ1) is 20.4. The van der Waals surface area contributed by atoms with E-state index in [4.69, 9.17) is 0 Å². The van der Waals surface area contributed by atoms with Gasteiger partial charge in [-0.3, -0.25) is 0 Å². The number of tetrazole rings is 1. The van der Waals surface area contributed by atoms with Gasteiger partial charge in [0.25, 0.3) is 0 Å². The van der Waals surface area contributed by atoms with Gasteiger partial charge in [0.05, 0.1) is 11.3 Å². The highest BCUT2D eigenvalue weighted by atomic mass is 32.2. The van der Waals surface area contributed by atoms with Gasteiger partial charge in [-0.15, -0.1) is 10.2 Å². The molecular formula is C20H27N5O2S. The van der Waals surface area contributed by atoms with Gasteiger partial charge in [0.15, 0.2) is 0 Å². The fourth-order valence-electron chi connectivity index (χ4n) is 2.69. The monoisotopic (exact) mass is 401 g/mol. The van der Waals surface area contributed by atoms with Gasteiger partial charge in [-0.1, -0.05) is 36.4 Å². The Morgan fingerprint density at radius 2 is 1.71 bits per heavy atom. The van der Waals surface area contributed by atoms with Crippen LogP contribution in [-0.4, -0.2) is 39.9 Å². The Kier molecular flexibility index (Phi) is 6.10. The summed E-state index contributed by atoms with van der Waals surface area (Å²) in [4.78, 5) is 1.63. The molecule has 0 atom stereocenters. The second kappa shape index (κ2) is 8.36. The molecule has 1 aromatic heterocycles. The second-order valence-corrected chi connectivity index (χ2v) is 9.60. The standard InChI is InChI=1S/C14H14N4.C6H13NO2S/c1-10(2)18-16-14(15-17-18)13-8-7-11-5-3-4-6-12(11)9-13;1-5(2)7-10(8,9)6-3-4-6/h3-10H,1-2H3;5-7H,3-4H2,1-2H3. The fraction of sp³-hybridized carbons (Fsp3) is 0.450. The number of hydrogen-bond donors (Lipinski definition) is 1. The normalized spacial score (nSPS) is 14.4. The van der Waals surface area contributed by atoms with Gasteiger partial charge < -0.3 is 0 Å². The molecule has 8 heteroatoms.